The van der Waals surface area contributed by atoms with Gasteiger partial charge in [0.1, 0.15) is 10.7 Å². The van der Waals surface area contributed by atoms with E-state index in [1.165, 1.54) is 4.31 Å². The first kappa shape index (κ1) is 18.3. The molecule has 8 heteroatoms. The molecule has 0 saturated heterocycles. The molecule has 0 aliphatic rings. The first-order chi connectivity index (χ1) is 9.88. The Morgan fingerprint density at radius 2 is 2.14 bits per heavy atom. The van der Waals surface area contributed by atoms with Gasteiger partial charge in [-0.3, -0.25) is 0 Å². The maximum atomic E-state index is 12.9. The maximum absolute atomic E-state index is 12.9. The molecule has 120 valence electrons. The second-order valence-electron chi connectivity index (χ2n) is 4.54. The lowest BCUT2D eigenvalue weighted by Crippen LogP contribution is -2.41. The third-order valence-corrected chi connectivity index (χ3v) is 5.50. The van der Waals surface area contributed by atoms with Crippen LogP contribution in [-0.4, -0.2) is 50.6 Å². The number of pyridine rings is 1. The number of sulfonamides is 1. The second-order valence-corrected chi connectivity index (χ2v) is 7.32. The zero-order chi connectivity index (χ0) is 16.0. The molecular formula is C13H22BrN3O3S. The molecule has 1 atom stereocenters. The van der Waals surface area contributed by atoms with Crippen molar-refractivity contribution in [2.45, 2.75) is 31.7 Å². The fraction of sp³-hybridized carbons (Fsp3) is 0.615. The zero-order valence-electron chi connectivity index (χ0n) is 12.8. The average Bonchev–Trinajstić information content (AvgIpc) is 2.41. The molecule has 0 aliphatic carbocycles. The van der Waals surface area contributed by atoms with E-state index in [9.17, 15) is 8.42 Å². The van der Waals surface area contributed by atoms with Crippen molar-refractivity contribution in [1.82, 2.24) is 9.29 Å². The van der Waals surface area contributed by atoms with E-state index in [2.05, 4.69) is 26.2 Å². The molecule has 0 spiro atoms. The van der Waals surface area contributed by atoms with Crippen molar-refractivity contribution in [2.75, 3.05) is 32.1 Å². The minimum Gasteiger partial charge on any atom is -0.383 e. The van der Waals surface area contributed by atoms with Gasteiger partial charge in [-0.2, -0.15) is 4.31 Å². The number of nitrogens with one attached hydrogen (secondary N) is 1. The Morgan fingerprint density at radius 3 is 2.67 bits per heavy atom. The molecule has 1 N–H and O–H groups in total. The smallest absolute Gasteiger partial charge is 0.247 e. The Balaban J connectivity index is 3.30. The highest BCUT2D eigenvalue weighted by Gasteiger charge is 2.30. The quantitative estimate of drug-likeness (QED) is 0.750. The minimum atomic E-state index is -3.65. The van der Waals surface area contributed by atoms with Crippen LogP contribution in [0.4, 0.5) is 5.82 Å². The highest BCUT2D eigenvalue weighted by atomic mass is 79.9. The number of nitrogens with zero attached hydrogens (tertiary/aromatic N) is 2. The molecule has 1 aromatic heterocycles. The Hall–Kier alpha value is -0.700. The van der Waals surface area contributed by atoms with Crippen molar-refractivity contribution in [2.24, 2.45) is 0 Å². The van der Waals surface area contributed by atoms with Gasteiger partial charge < -0.3 is 10.1 Å². The van der Waals surface area contributed by atoms with Gasteiger partial charge in [-0.1, -0.05) is 6.92 Å². The molecule has 1 aromatic rings. The average molecular weight is 380 g/mol. The summed E-state index contributed by atoms with van der Waals surface area (Å²) >= 11 is 3.28. The third-order valence-electron chi connectivity index (χ3n) is 2.96. The number of methoxy groups -OCH3 is 1. The fourth-order valence-electron chi connectivity index (χ4n) is 2.09. The van der Waals surface area contributed by atoms with Crippen LogP contribution >= 0.6 is 15.9 Å². The van der Waals surface area contributed by atoms with Crippen LogP contribution < -0.4 is 5.32 Å². The fourth-order valence-corrected chi connectivity index (χ4v) is 4.34. The van der Waals surface area contributed by atoms with Gasteiger partial charge in [0.15, 0.2) is 0 Å². The number of hydrogen-bond acceptors (Lipinski definition) is 5. The van der Waals surface area contributed by atoms with Gasteiger partial charge in [0.2, 0.25) is 10.0 Å². The number of anilines is 1. The van der Waals surface area contributed by atoms with Crippen LogP contribution in [0.2, 0.25) is 0 Å². The van der Waals surface area contributed by atoms with E-state index in [4.69, 9.17) is 4.74 Å². The first-order valence-electron chi connectivity index (χ1n) is 6.78. The van der Waals surface area contributed by atoms with Crippen LogP contribution in [0.25, 0.3) is 0 Å². The van der Waals surface area contributed by atoms with Crippen LogP contribution in [-0.2, 0) is 14.8 Å². The Kier molecular flexibility index (Phi) is 7.05. The number of rotatable bonds is 8. The maximum Gasteiger partial charge on any atom is 0.247 e. The summed E-state index contributed by atoms with van der Waals surface area (Å²) < 4.78 is 32.9. The van der Waals surface area contributed by atoms with Crippen LogP contribution in [0.15, 0.2) is 21.6 Å². The lowest BCUT2D eigenvalue weighted by atomic mass is 10.4. The Labute approximate surface area is 135 Å². The molecule has 1 rings (SSSR count). The van der Waals surface area contributed by atoms with Crippen LogP contribution in [0.3, 0.4) is 0 Å². The summed E-state index contributed by atoms with van der Waals surface area (Å²) in [6.07, 6.45) is 1.58. The van der Waals surface area contributed by atoms with E-state index in [-0.39, 0.29) is 10.9 Å². The highest BCUT2D eigenvalue weighted by molar-refractivity contribution is 9.10. The molecule has 0 radical (unpaired) electrons. The largest absolute Gasteiger partial charge is 0.383 e. The molecule has 0 fully saturated rings. The summed E-state index contributed by atoms with van der Waals surface area (Å²) in [5.41, 5.74) is 0. The number of halogens is 1. The van der Waals surface area contributed by atoms with Gasteiger partial charge in [0, 0.05) is 36.9 Å². The molecule has 1 heterocycles. The SMILES string of the molecule is CCNc1ncc(Br)cc1S(=O)(=O)N(CC)C(C)COC. The molecule has 0 amide bonds. The molecule has 0 saturated carbocycles. The predicted octanol–water partition coefficient (Wildman–Crippen LogP) is 2.32. The van der Waals surface area contributed by atoms with E-state index in [0.717, 1.165) is 0 Å². The van der Waals surface area contributed by atoms with Gasteiger partial charge in [-0.15, -0.1) is 0 Å². The molecule has 0 aromatic carbocycles. The van der Waals surface area contributed by atoms with Crippen molar-refractivity contribution < 1.29 is 13.2 Å². The van der Waals surface area contributed by atoms with Gasteiger partial charge in [-0.05, 0) is 35.8 Å². The summed E-state index contributed by atoms with van der Waals surface area (Å²) in [6, 6.07) is 1.32. The van der Waals surface area contributed by atoms with Gasteiger partial charge in [0.05, 0.1) is 6.61 Å². The van der Waals surface area contributed by atoms with Crippen molar-refractivity contribution in [3.05, 3.63) is 16.7 Å². The summed E-state index contributed by atoms with van der Waals surface area (Å²) in [5, 5.41) is 2.99. The molecule has 6 nitrogen and oxygen atoms in total. The topological polar surface area (TPSA) is 71.5 Å². The minimum absolute atomic E-state index is 0.170. The van der Waals surface area contributed by atoms with E-state index in [1.54, 1.807) is 19.4 Å². The third kappa shape index (κ3) is 4.38. The van der Waals surface area contributed by atoms with Crippen molar-refractivity contribution in [3.8, 4) is 0 Å². The van der Waals surface area contributed by atoms with Gasteiger partial charge in [-0.25, -0.2) is 13.4 Å². The van der Waals surface area contributed by atoms with Gasteiger partial charge in [0.25, 0.3) is 0 Å². The van der Waals surface area contributed by atoms with E-state index in [1.807, 2.05) is 20.8 Å². The van der Waals surface area contributed by atoms with E-state index in [0.29, 0.717) is 30.0 Å². The van der Waals surface area contributed by atoms with Crippen LogP contribution in [0.1, 0.15) is 20.8 Å². The lowest BCUT2D eigenvalue weighted by Gasteiger charge is -2.27. The summed E-state index contributed by atoms with van der Waals surface area (Å²) in [4.78, 5) is 4.33. The first-order valence-corrected chi connectivity index (χ1v) is 9.01. The second kappa shape index (κ2) is 8.07. The molecule has 1 unspecified atom stereocenters. The Bertz CT molecular complexity index is 566. The van der Waals surface area contributed by atoms with E-state index < -0.39 is 10.0 Å². The standard InChI is InChI=1S/C13H22BrN3O3S/c1-5-15-13-12(7-11(14)8-16-13)21(18,19)17(6-2)10(3)9-20-4/h7-8,10H,5-6,9H2,1-4H3,(H,15,16). The predicted molar refractivity (Wildman–Crippen MR) is 87.0 cm³/mol. The molecule has 21 heavy (non-hydrogen) atoms. The molecular weight excluding hydrogens is 358 g/mol. The number of ether oxygens (including phenoxy) is 1. The zero-order valence-corrected chi connectivity index (χ0v) is 15.2. The monoisotopic (exact) mass is 379 g/mol. The molecule has 0 bridgehead atoms. The van der Waals surface area contributed by atoms with Crippen LogP contribution in [0.5, 0.6) is 0 Å². The summed E-state index contributed by atoms with van der Waals surface area (Å²) in [6.45, 7) is 6.82. The molecule has 0 aliphatic heterocycles. The van der Waals surface area contributed by atoms with Crippen LogP contribution in [0, 0.1) is 0 Å². The highest BCUT2D eigenvalue weighted by Crippen LogP contribution is 2.27. The summed E-state index contributed by atoms with van der Waals surface area (Å²) in [7, 11) is -2.09. The number of likely N-dealkylation sites (N-methyl/N-ethyl adjacent to an activating group) is 1. The van der Waals surface area contributed by atoms with E-state index >= 15 is 0 Å². The number of hydrogen-bond donors (Lipinski definition) is 1. The van der Waals surface area contributed by atoms with Crippen molar-refractivity contribution in [3.63, 3.8) is 0 Å². The lowest BCUT2D eigenvalue weighted by molar-refractivity contribution is 0.142. The summed E-state index contributed by atoms with van der Waals surface area (Å²) in [5.74, 6) is 0.365. The van der Waals surface area contributed by atoms with Crippen molar-refractivity contribution in [1.29, 1.82) is 0 Å². The van der Waals surface area contributed by atoms with Crippen molar-refractivity contribution >= 4 is 31.8 Å². The van der Waals surface area contributed by atoms with Gasteiger partial charge >= 0.3 is 0 Å². The normalized spacial score (nSPS) is 13.4. The Morgan fingerprint density at radius 1 is 1.48 bits per heavy atom. The number of aromatic nitrogens is 1.